The van der Waals surface area contributed by atoms with Gasteiger partial charge in [-0.1, -0.05) is 19.1 Å². The summed E-state index contributed by atoms with van der Waals surface area (Å²) in [4.78, 5) is 14.1. The number of anilines is 1. The van der Waals surface area contributed by atoms with Crippen molar-refractivity contribution < 1.29 is 4.79 Å². The van der Waals surface area contributed by atoms with Gasteiger partial charge in [0.15, 0.2) is 0 Å². The lowest BCUT2D eigenvalue weighted by molar-refractivity contribution is -0.118. The fraction of sp³-hybridized carbons (Fsp3) is 0.611. The molecule has 1 saturated heterocycles. The smallest absolute Gasteiger partial charge is 0.226 e. The van der Waals surface area contributed by atoms with Crippen molar-refractivity contribution in [2.24, 2.45) is 5.92 Å². The van der Waals surface area contributed by atoms with Crippen molar-refractivity contribution >= 4 is 11.6 Å². The second-order valence-electron chi connectivity index (χ2n) is 6.55. The third-order valence-corrected chi connectivity index (χ3v) is 4.85. The zero-order valence-corrected chi connectivity index (χ0v) is 13.2. The van der Waals surface area contributed by atoms with E-state index < -0.39 is 0 Å². The van der Waals surface area contributed by atoms with E-state index in [1.54, 1.807) is 0 Å². The number of fused-ring (bicyclic) bond motifs is 1. The van der Waals surface area contributed by atoms with E-state index in [2.05, 4.69) is 30.4 Å². The van der Waals surface area contributed by atoms with Crippen molar-refractivity contribution in [2.45, 2.75) is 52.0 Å². The zero-order chi connectivity index (χ0) is 14.8. The van der Waals surface area contributed by atoms with E-state index in [1.807, 2.05) is 11.8 Å². The molecule has 2 aliphatic heterocycles. The van der Waals surface area contributed by atoms with Gasteiger partial charge in [0.25, 0.3) is 0 Å². The minimum Gasteiger partial charge on any atom is -0.316 e. The number of carbonyl (C=O) groups is 1. The van der Waals surface area contributed by atoms with Crippen LogP contribution in [0.25, 0.3) is 0 Å². The second kappa shape index (κ2) is 6.18. The van der Waals surface area contributed by atoms with Gasteiger partial charge in [-0.3, -0.25) is 4.79 Å². The molecule has 114 valence electrons. The van der Waals surface area contributed by atoms with E-state index in [0.717, 1.165) is 31.0 Å². The van der Waals surface area contributed by atoms with Crippen molar-refractivity contribution in [1.82, 2.24) is 5.32 Å². The maximum absolute atomic E-state index is 12.1. The molecule has 1 amide bonds. The summed E-state index contributed by atoms with van der Waals surface area (Å²) in [6.07, 6.45) is 5.37. The van der Waals surface area contributed by atoms with Crippen LogP contribution in [-0.2, 0) is 17.6 Å². The van der Waals surface area contributed by atoms with E-state index in [9.17, 15) is 4.79 Å². The molecular formula is C18H26N2O. The highest BCUT2D eigenvalue weighted by Gasteiger charge is 2.30. The number of carbonyl (C=O) groups excluding carboxylic acids is 1. The van der Waals surface area contributed by atoms with Crippen LogP contribution in [-0.4, -0.2) is 25.0 Å². The number of nitrogens with zero attached hydrogens (tertiary/aromatic N) is 1. The first-order valence-corrected chi connectivity index (χ1v) is 8.33. The minimum atomic E-state index is 0.241. The quantitative estimate of drug-likeness (QED) is 0.926. The average Bonchev–Trinajstić information content (AvgIpc) is 2.82. The van der Waals surface area contributed by atoms with Gasteiger partial charge in [-0.2, -0.15) is 0 Å². The molecule has 2 aliphatic rings. The molecular weight excluding hydrogens is 260 g/mol. The Labute approximate surface area is 127 Å². The van der Waals surface area contributed by atoms with E-state index in [0.29, 0.717) is 12.5 Å². The molecule has 0 bridgehead atoms. The molecule has 3 rings (SSSR count). The molecule has 0 saturated carbocycles. The third kappa shape index (κ3) is 2.98. The lowest BCUT2D eigenvalue weighted by Crippen LogP contribution is -2.35. The maximum atomic E-state index is 12.1. The molecule has 3 heteroatoms. The molecule has 0 aromatic heterocycles. The van der Waals surface area contributed by atoms with E-state index in [4.69, 9.17) is 0 Å². The normalized spacial score (nSPS) is 25.0. The Morgan fingerprint density at radius 2 is 2.29 bits per heavy atom. The third-order valence-electron chi connectivity index (χ3n) is 4.85. The predicted octanol–water partition coefficient (Wildman–Crippen LogP) is 2.92. The summed E-state index contributed by atoms with van der Waals surface area (Å²) in [6, 6.07) is 7.03. The fourth-order valence-electron chi connectivity index (χ4n) is 3.79. The van der Waals surface area contributed by atoms with Crippen LogP contribution >= 0.6 is 0 Å². The van der Waals surface area contributed by atoms with Gasteiger partial charge in [0.1, 0.15) is 0 Å². The standard InChI is InChI=1S/C18H26N2O/c1-3-18(21)20-13(2)9-16-11-14(6-7-17(16)20)10-15-5-4-8-19-12-15/h6-7,11,13,15,19H,3-5,8-10,12H2,1-2H3. The van der Waals surface area contributed by atoms with Crippen LogP contribution in [0.4, 0.5) is 5.69 Å². The Kier molecular flexibility index (Phi) is 4.29. The molecule has 21 heavy (non-hydrogen) atoms. The van der Waals surface area contributed by atoms with Gasteiger partial charge >= 0.3 is 0 Å². The summed E-state index contributed by atoms with van der Waals surface area (Å²) in [5, 5.41) is 3.49. The Hall–Kier alpha value is -1.35. The topological polar surface area (TPSA) is 32.3 Å². The molecule has 1 fully saturated rings. The summed E-state index contributed by atoms with van der Waals surface area (Å²) in [6.45, 7) is 6.41. The van der Waals surface area contributed by atoms with Gasteiger partial charge in [0, 0.05) is 18.2 Å². The van der Waals surface area contributed by atoms with Gasteiger partial charge in [-0.25, -0.2) is 0 Å². The highest BCUT2D eigenvalue weighted by molar-refractivity contribution is 5.96. The predicted molar refractivity (Wildman–Crippen MR) is 86.7 cm³/mol. The first-order valence-electron chi connectivity index (χ1n) is 8.33. The van der Waals surface area contributed by atoms with Crippen molar-refractivity contribution in [3.8, 4) is 0 Å². The Balaban J connectivity index is 1.76. The van der Waals surface area contributed by atoms with Gasteiger partial charge in [-0.15, -0.1) is 0 Å². The van der Waals surface area contributed by atoms with E-state index in [-0.39, 0.29) is 5.91 Å². The van der Waals surface area contributed by atoms with Gasteiger partial charge in [-0.05, 0) is 68.8 Å². The number of piperidine rings is 1. The minimum absolute atomic E-state index is 0.241. The van der Waals surface area contributed by atoms with Crippen molar-refractivity contribution in [3.63, 3.8) is 0 Å². The van der Waals surface area contributed by atoms with Crippen molar-refractivity contribution in [1.29, 1.82) is 0 Å². The van der Waals surface area contributed by atoms with Crippen molar-refractivity contribution in [2.75, 3.05) is 18.0 Å². The van der Waals surface area contributed by atoms with Crippen molar-refractivity contribution in [3.05, 3.63) is 29.3 Å². The Morgan fingerprint density at radius 1 is 1.43 bits per heavy atom. The summed E-state index contributed by atoms with van der Waals surface area (Å²) in [5.41, 5.74) is 3.92. The molecule has 0 aliphatic carbocycles. The van der Waals surface area contributed by atoms with Gasteiger partial charge < -0.3 is 10.2 Å². The summed E-state index contributed by atoms with van der Waals surface area (Å²) in [7, 11) is 0. The van der Waals surface area contributed by atoms with E-state index >= 15 is 0 Å². The highest BCUT2D eigenvalue weighted by atomic mass is 16.2. The van der Waals surface area contributed by atoms with Crippen LogP contribution in [0, 0.1) is 5.92 Å². The number of hydrogen-bond acceptors (Lipinski definition) is 2. The Morgan fingerprint density at radius 3 is 3.00 bits per heavy atom. The summed E-state index contributed by atoms with van der Waals surface area (Å²) in [5.74, 6) is 1.01. The largest absolute Gasteiger partial charge is 0.316 e. The average molecular weight is 286 g/mol. The SMILES string of the molecule is CCC(=O)N1c2ccc(CC3CCCNC3)cc2CC1C. The molecule has 2 unspecified atom stereocenters. The molecule has 0 spiro atoms. The highest BCUT2D eigenvalue weighted by Crippen LogP contribution is 2.34. The van der Waals surface area contributed by atoms with E-state index in [1.165, 1.54) is 30.5 Å². The lowest BCUT2D eigenvalue weighted by Gasteiger charge is -2.23. The number of amides is 1. The van der Waals surface area contributed by atoms with Gasteiger partial charge in [0.05, 0.1) is 0 Å². The first-order chi connectivity index (χ1) is 10.2. The fourth-order valence-corrected chi connectivity index (χ4v) is 3.79. The lowest BCUT2D eigenvalue weighted by atomic mass is 9.91. The van der Waals surface area contributed by atoms with Gasteiger partial charge in [0.2, 0.25) is 5.91 Å². The number of nitrogens with one attached hydrogen (secondary N) is 1. The molecule has 2 atom stereocenters. The van der Waals surface area contributed by atoms with Crippen LogP contribution in [0.15, 0.2) is 18.2 Å². The number of benzene rings is 1. The van der Waals surface area contributed by atoms with Crippen LogP contribution in [0.2, 0.25) is 0 Å². The summed E-state index contributed by atoms with van der Waals surface area (Å²) >= 11 is 0. The summed E-state index contributed by atoms with van der Waals surface area (Å²) < 4.78 is 0. The second-order valence-corrected chi connectivity index (χ2v) is 6.55. The van der Waals surface area contributed by atoms with Crippen LogP contribution in [0.5, 0.6) is 0 Å². The van der Waals surface area contributed by atoms with Crippen LogP contribution in [0.1, 0.15) is 44.2 Å². The molecule has 1 aromatic rings. The first kappa shape index (κ1) is 14.6. The van der Waals surface area contributed by atoms with Crippen LogP contribution < -0.4 is 10.2 Å². The number of rotatable bonds is 3. The molecule has 2 heterocycles. The molecule has 3 nitrogen and oxygen atoms in total. The molecule has 0 radical (unpaired) electrons. The zero-order valence-electron chi connectivity index (χ0n) is 13.2. The maximum Gasteiger partial charge on any atom is 0.226 e. The molecule has 1 N–H and O–H groups in total. The number of hydrogen-bond donors (Lipinski definition) is 1. The molecule has 1 aromatic carbocycles. The monoisotopic (exact) mass is 286 g/mol. The Bertz CT molecular complexity index is 520. The van der Waals surface area contributed by atoms with Crippen LogP contribution in [0.3, 0.4) is 0 Å².